The van der Waals surface area contributed by atoms with Gasteiger partial charge in [0, 0.05) is 16.3 Å². The van der Waals surface area contributed by atoms with Crippen LogP contribution in [-0.4, -0.2) is 18.0 Å². The Morgan fingerprint density at radius 3 is 2.05 bits per heavy atom. The topological polar surface area (TPSA) is 87.3 Å². The molecule has 0 spiro atoms. The van der Waals surface area contributed by atoms with Crippen LogP contribution in [-0.2, 0) is 0 Å². The fraction of sp³-hybridized carbons (Fsp3) is 0. The summed E-state index contributed by atoms with van der Waals surface area (Å²) in [5.41, 5.74) is 0.778. The zero-order chi connectivity index (χ0) is 15.9. The van der Waals surface area contributed by atoms with Crippen molar-refractivity contribution in [1.29, 1.82) is 0 Å². The summed E-state index contributed by atoms with van der Waals surface area (Å²) in [6.45, 7) is 0. The molecule has 2 aromatic carbocycles. The molecule has 0 fully saturated rings. The lowest BCUT2D eigenvalue weighted by Crippen LogP contribution is -2.44. The van der Waals surface area contributed by atoms with Gasteiger partial charge in [0.15, 0.2) is 0 Å². The Balaban J connectivity index is 1.85. The Morgan fingerprint density at radius 2 is 1.41 bits per heavy atom. The van der Waals surface area contributed by atoms with Crippen LogP contribution in [0.2, 0.25) is 5.02 Å². The van der Waals surface area contributed by atoms with Crippen LogP contribution in [0.1, 0.15) is 10.4 Å². The maximum absolute atomic E-state index is 11.7. The molecule has 0 radical (unpaired) electrons. The first-order chi connectivity index (χ1) is 10.5. The zero-order valence-corrected chi connectivity index (χ0v) is 12.1. The highest BCUT2D eigenvalue weighted by molar-refractivity contribution is 6.30. The Labute approximate surface area is 131 Å². The number of halogens is 1. The lowest BCUT2D eigenvalue weighted by Gasteiger charge is -2.07. The molecule has 6 nitrogen and oxygen atoms in total. The first-order valence-corrected chi connectivity index (χ1v) is 6.66. The quantitative estimate of drug-likeness (QED) is 0.795. The second-order valence-corrected chi connectivity index (χ2v) is 4.67. The van der Waals surface area contributed by atoms with Gasteiger partial charge in [-0.2, -0.15) is 0 Å². The van der Waals surface area contributed by atoms with Crippen molar-refractivity contribution in [2.24, 2.45) is 0 Å². The predicted molar refractivity (Wildman–Crippen MR) is 82.9 cm³/mol. The summed E-state index contributed by atoms with van der Waals surface area (Å²) in [5, 5.41) is 7.00. The number of amides is 5. The van der Waals surface area contributed by atoms with E-state index in [-0.39, 0.29) is 0 Å². The van der Waals surface area contributed by atoms with E-state index in [0.717, 1.165) is 0 Å². The SMILES string of the molecule is O=C(NC(=O)Nc1ccc(Cl)cc1)NC(=O)c1ccccc1. The van der Waals surface area contributed by atoms with Crippen molar-refractivity contribution in [3.63, 3.8) is 0 Å². The molecule has 5 amide bonds. The van der Waals surface area contributed by atoms with E-state index in [9.17, 15) is 14.4 Å². The van der Waals surface area contributed by atoms with E-state index in [1.54, 1.807) is 54.6 Å². The van der Waals surface area contributed by atoms with Crippen LogP contribution in [0, 0.1) is 0 Å². The molecule has 0 aromatic heterocycles. The van der Waals surface area contributed by atoms with Crippen LogP contribution in [0.3, 0.4) is 0 Å². The number of carbonyl (C=O) groups excluding carboxylic acids is 3. The molecule has 0 aliphatic heterocycles. The summed E-state index contributed by atoms with van der Waals surface area (Å²) in [5.74, 6) is -0.600. The summed E-state index contributed by atoms with van der Waals surface area (Å²) >= 11 is 5.72. The highest BCUT2D eigenvalue weighted by atomic mass is 35.5. The van der Waals surface area contributed by atoms with Gasteiger partial charge >= 0.3 is 12.1 Å². The third-order valence-electron chi connectivity index (χ3n) is 2.59. The van der Waals surface area contributed by atoms with Crippen molar-refractivity contribution in [3.05, 3.63) is 65.2 Å². The first kappa shape index (κ1) is 15.5. The third kappa shape index (κ3) is 4.60. The molecular weight excluding hydrogens is 306 g/mol. The van der Waals surface area contributed by atoms with Crippen molar-refractivity contribution >= 4 is 35.3 Å². The Kier molecular flexibility index (Phi) is 5.11. The number of carbonyl (C=O) groups is 3. The number of urea groups is 2. The summed E-state index contributed by atoms with van der Waals surface area (Å²) < 4.78 is 0. The van der Waals surface area contributed by atoms with Crippen LogP contribution in [0.5, 0.6) is 0 Å². The number of nitrogens with one attached hydrogen (secondary N) is 3. The molecule has 2 rings (SSSR count). The lowest BCUT2D eigenvalue weighted by molar-refractivity contribution is 0.0965. The van der Waals surface area contributed by atoms with E-state index in [2.05, 4.69) is 10.6 Å². The molecule has 0 heterocycles. The molecular formula is C15H12ClN3O3. The highest BCUT2D eigenvalue weighted by Crippen LogP contribution is 2.12. The number of imide groups is 2. The fourth-order valence-electron chi connectivity index (χ4n) is 1.59. The van der Waals surface area contributed by atoms with Gasteiger partial charge in [-0.1, -0.05) is 29.8 Å². The second kappa shape index (κ2) is 7.24. The van der Waals surface area contributed by atoms with E-state index in [1.807, 2.05) is 5.32 Å². The zero-order valence-electron chi connectivity index (χ0n) is 11.3. The van der Waals surface area contributed by atoms with Crippen LogP contribution in [0.25, 0.3) is 0 Å². The van der Waals surface area contributed by atoms with Gasteiger partial charge in [-0.05, 0) is 36.4 Å². The van der Waals surface area contributed by atoms with Gasteiger partial charge in [0.2, 0.25) is 0 Å². The highest BCUT2D eigenvalue weighted by Gasteiger charge is 2.12. The standard InChI is InChI=1S/C15H12ClN3O3/c16-11-6-8-12(9-7-11)17-14(21)19-15(22)18-13(20)10-4-2-1-3-5-10/h1-9H,(H3,17,18,19,20,21,22). The van der Waals surface area contributed by atoms with Gasteiger partial charge in [-0.3, -0.25) is 15.4 Å². The normalized spacial score (nSPS) is 9.68. The fourth-order valence-corrected chi connectivity index (χ4v) is 1.72. The Bertz CT molecular complexity index is 687. The number of hydrogen-bond donors (Lipinski definition) is 3. The van der Waals surface area contributed by atoms with Crippen LogP contribution >= 0.6 is 11.6 Å². The van der Waals surface area contributed by atoms with E-state index in [0.29, 0.717) is 16.3 Å². The van der Waals surface area contributed by atoms with Gasteiger partial charge in [0.25, 0.3) is 5.91 Å². The summed E-state index contributed by atoms with van der Waals surface area (Å²) in [4.78, 5) is 34.9. The van der Waals surface area contributed by atoms with Gasteiger partial charge in [0.05, 0.1) is 0 Å². The molecule has 112 valence electrons. The maximum Gasteiger partial charge on any atom is 0.329 e. The van der Waals surface area contributed by atoms with Gasteiger partial charge in [0.1, 0.15) is 0 Å². The summed E-state index contributed by atoms with van der Waals surface area (Å²) in [6, 6.07) is 12.8. The molecule has 2 aromatic rings. The third-order valence-corrected chi connectivity index (χ3v) is 2.84. The molecule has 3 N–H and O–H groups in total. The van der Waals surface area contributed by atoms with Gasteiger partial charge in [-0.15, -0.1) is 0 Å². The van der Waals surface area contributed by atoms with E-state index >= 15 is 0 Å². The number of anilines is 1. The lowest BCUT2D eigenvalue weighted by atomic mass is 10.2. The van der Waals surface area contributed by atoms with E-state index in [1.165, 1.54) is 0 Å². The maximum atomic E-state index is 11.7. The predicted octanol–water partition coefficient (Wildman–Crippen LogP) is 3.01. The monoisotopic (exact) mass is 317 g/mol. The molecule has 7 heteroatoms. The number of benzene rings is 2. The Hall–Kier alpha value is -2.86. The molecule has 0 saturated carbocycles. The molecule has 0 aliphatic rings. The van der Waals surface area contributed by atoms with Crippen LogP contribution in [0.4, 0.5) is 15.3 Å². The minimum atomic E-state index is -0.916. The van der Waals surface area contributed by atoms with Crippen molar-refractivity contribution in [1.82, 2.24) is 10.6 Å². The van der Waals surface area contributed by atoms with Crippen LogP contribution in [0.15, 0.2) is 54.6 Å². The average Bonchev–Trinajstić information content (AvgIpc) is 2.50. The van der Waals surface area contributed by atoms with Gasteiger partial charge < -0.3 is 5.32 Å². The first-order valence-electron chi connectivity index (χ1n) is 6.28. The molecule has 0 saturated heterocycles. The largest absolute Gasteiger partial charge is 0.329 e. The second-order valence-electron chi connectivity index (χ2n) is 4.24. The van der Waals surface area contributed by atoms with E-state index in [4.69, 9.17) is 11.6 Å². The minimum absolute atomic E-state index is 0.316. The molecule has 0 aliphatic carbocycles. The van der Waals surface area contributed by atoms with Crippen molar-refractivity contribution in [3.8, 4) is 0 Å². The van der Waals surface area contributed by atoms with E-state index < -0.39 is 18.0 Å². The van der Waals surface area contributed by atoms with Crippen LogP contribution < -0.4 is 16.0 Å². The molecule has 0 unspecified atom stereocenters. The molecule has 0 bridgehead atoms. The molecule has 0 atom stereocenters. The molecule has 22 heavy (non-hydrogen) atoms. The van der Waals surface area contributed by atoms with Crippen molar-refractivity contribution in [2.45, 2.75) is 0 Å². The van der Waals surface area contributed by atoms with Gasteiger partial charge in [-0.25, -0.2) is 9.59 Å². The summed E-state index contributed by atoms with van der Waals surface area (Å²) in [6.07, 6.45) is 0. The Morgan fingerprint density at radius 1 is 0.773 bits per heavy atom. The average molecular weight is 318 g/mol. The smallest absolute Gasteiger partial charge is 0.308 e. The van der Waals surface area contributed by atoms with Crippen molar-refractivity contribution < 1.29 is 14.4 Å². The summed E-state index contributed by atoms with van der Waals surface area (Å²) in [7, 11) is 0. The number of rotatable bonds is 2. The van der Waals surface area contributed by atoms with Crippen molar-refractivity contribution in [2.75, 3.05) is 5.32 Å². The number of hydrogen-bond acceptors (Lipinski definition) is 3. The minimum Gasteiger partial charge on any atom is -0.308 e.